The molecule has 0 radical (unpaired) electrons. The van der Waals surface area contributed by atoms with Crippen LogP contribution in [0, 0.1) is 0 Å². The molecule has 11 heteroatoms. The molecule has 4 rings (SSSR count). The number of halogens is 3. The maximum Gasteiger partial charge on any atom is 0.433 e. The molecule has 0 saturated heterocycles. The summed E-state index contributed by atoms with van der Waals surface area (Å²) in [5.41, 5.74) is 0.333. The summed E-state index contributed by atoms with van der Waals surface area (Å²) in [6.45, 7) is 0. The van der Waals surface area contributed by atoms with Gasteiger partial charge in [-0.3, -0.25) is 4.98 Å². The first-order valence-electron chi connectivity index (χ1n) is 7.99. The lowest BCUT2D eigenvalue weighted by Gasteiger charge is -2.11. The van der Waals surface area contributed by atoms with Gasteiger partial charge in [-0.15, -0.1) is 0 Å². The first kappa shape index (κ1) is 17.6. The molecule has 8 nitrogen and oxygen atoms in total. The third kappa shape index (κ3) is 3.29. The van der Waals surface area contributed by atoms with Gasteiger partial charge in [-0.25, -0.2) is 14.8 Å². The van der Waals surface area contributed by atoms with Crippen LogP contribution in [0.4, 0.5) is 24.7 Å². The molecule has 0 aliphatic carbocycles. The van der Waals surface area contributed by atoms with Crippen LogP contribution in [-0.4, -0.2) is 29.5 Å². The number of imidazole rings is 1. The van der Waals surface area contributed by atoms with Crippen molar-refractivity contribution in [2.24, 2.45) is 7.05 Å². The van der Waals surface area contributed by atoms with Gasteiger partial charge in [0.1, 0.15) is 11.2 Å². The molecule has 0 fully saturated rings. The average molecular weight is 387 g/mol. The predicted molar refractivity (Wildman–Crippen MR) is 94.9 cm³/mol. The Bertz CT molecular complexity index is 1230. The Balaban J connectivity index is 1.82. The minimum absolute atomic E-state index is 0.0297. The largest absolute Gasteiger partial charge is 0.433 e. The van der Waals surface area contributed by atoms with Gasteiger partial charge >= 0.3 is 11.9 Å². The van der Waals surface area contributed by atoms with E-state index in [0.717, 1.165) is 18.0 Å². The summed E-state index contributed by atoms with van der Waals surface area (Å²) < 4.78 is 40.4. The molecule has 0 spiro atoms. The van der Waals surface area contributed by atoms with E-state index in [0.29, 0.717) is 16.7 Å². The lowest BCUT2D eigenvalue weighted by atomic mass is 10.2. The van der Waals surface area contributed by atoms with E-state index in [9.17, 15) is 18.0 Å². The fourth-order valence-corrected chi connectivity index (χ4v) is 2.67. The summed E-state index contributed by atoms with van der Waals surface area (Å²) in [5.74, 6) is 0.0297. The third-order valence-electron chi connectivity index (χ3n) is 3.97. The molecular formula is C17H12F3N7O. The highest BCUT2D eigenvalue weighted by atomic mass is 19.4. The minimum atomic E-state index is -4.59. The Hall–Kier alpha value is -3.76. The minimum Gasteiger partial charge on any atom is -0.338 e. The number of nitrogens with zero attached hydrogens (tertiary/aromatic N) is 5. The van der Waals surface area contributed by atoms with Crippen LogP contribution in [0.1, 0.15) is 5.69 Å². The molecule has 0 bridgehead atoms. The monoisotopic (exact) mass is 387 g/mol. The fraction of sp³-hybridized carbons (Fsp3) is 0.118. The fourth-order valence-electron chi connectivity index (χ4n) is 2.67. The van der Waals surface area contributed by atoms with Crippen LogP contribution in [0.5, 0.6) is 0 Å². The van der Waals surface area contributed by atoms with Gasteiger partial charge in [0.25, 0.3) is 0 Å². The molecule has 0 aromatic carbocycles. The molecule has 2 N–H and O–H groups in total. The molecule has 4 heterocycles. The molecule has 0 aliphatic rings. The summed E-state index contributed by atoms with van der Waals surface area (Å²) in [5, 5.41) is 2.73. The Labute approximate surface area is 155 Å². The first-order valence-corrected chi connectivity index (χ1v) is 7.99. The van der Waals surface area contributed by atoms with Crippen molar-refractivity contribution in [2.45, 2.75) is 6.18 Å². The number of hydrogen-bond acceptors (Lipinski definition) is 6. The maximum atomic E-state index is 12.9. The smallest absolute Gasteiger partial charge is 0.338 e. The van der Waals surface area contributed by atoms with Gasteiger partial charge in [0.05, 0.1) is 29.4 Å². The molecule has 28 heavy (non-hydrogen) atoms. The van der Waals surface area contributed by atoms with Crippen LogP contribution in [0.3, 0.4) is 0 Å². The van der Waals surface area contributed by atoms with E-state index in [4.69, 9.17) is 0 Å². The van der Waals surface area contributed by atoms with Crippen molar-refractivity contribution in [3.8, 4) is 11.4 Å². The number of rotatable bonds is 3. The molecule has 0 aliphatic heterocycles. The van der Waals surface area contributed by atoms with E-state index in [-0.39, 0.29) is 11.5 Å². The topological polar surface area (TPSA) is 101 Å². The van der Waals surface area contributed by atoms with Gasteiger partial charge in [0.15, 0.2) is 5.82 Å². The highest BCUT2D eigenvalue weighted by Crippen LogP contribution is 2.30. The number of alkyl halides is 3. The number of fused-ring (bicyclic) bond motifs is 1. The maximum absolute atomic E-state index is 12.9. The SMILES string of the molecule is Cn1cncc1-c1ccc2[nH]c(=O)nc(Nc3ccnc(C(F)(F)F)c3)c2n1. The number of aromatic nitrogens is 6. The number of H-pyrrole nitrogens is 1. The second-order valence-corrected chi connectivity index (χ2v) is 5.93. The van der Waals surface area contributed by atoms with Crippen molar-refractivity contribution in [1.82, 2.24) is 29.5 Å². The van der Waals surface area contributed by atoms with Crippen LogP contribution < -0.4 is 11.0 Å². The van der Waals surface area contributed by atoms with E-state index >= 15 is 0 Å². The van der Waals surface area contributed by atoms with Gasteiger partial charge in [-0.05, 0) is 24.3 Å². The van der Waals surface area contributed by atoms with Crippen LogP contribution in [-0.2, 0) is 13.2 Å². The van der Waals surface area contributed by atoms with Crippen LogP contribution in [0.2, 0.25) is 0 Å². The predicted octanol–water partition coefficient (Wildman–Crippen LogP) is 2.88. The number of nitrogens with one attached hydrogen (secondary N) is 2. The van der Waals surface area contributed by atoms with Gasteiger partial charge in [0, 0.05) is 18.9 Å². The van der Waals surface area contributed by atoms with Crippen molar-refractivity contribution in [3.63, 3.8) is 0 Å². The summed E-state index contributed by atoms with van der Waals surface area (Å²) in [4.78, 5) is 30.1. The lowest BCUT2D eigenvalue weighted by Crippen LogP contribution is -2.14. The number of aromatic amines is 1. The molecule has 0 atom stereocenters. The van der Waals surface area contributed by atoms with Gasteiger partial charge in [0.2, 0.25) is 0 Å². The van der Waals surface area contributed by atoms with Gasteiger partial charge in [-0.2, -0.15) is 18.2 Å². The van der Waals surface area contributed by atoms with Crippen LogP contribution in [0.15, 0.2) is 47.8 Å². The zero-order chi connectivity index (χ0) is 19.9. The molecule has 142 valence electrons. The second-order valence-electron chi connectivity index (χ2n) is 5.93. The first-order chi connectivity index (χ1) is 13.3. The third-order valence-corrected chi connectivity index (χ3v) is 3.97. The van der Waals surface area contributed by atoms with E-state index in [1.165, 1.54) is 6.07 Å². The zero-order valence-electron chi connectivity index (χ0n) is 14.3. The Morgan fingerprint density at radius 3 is 2.71 bits per heavy atom. The van der Waals surface area contributed by atoms with Crippen molar-refractivity contribution in [1.29, 1.82) is 0 Å². The van der Waals surface area contributed by atoms with Crippen molar-refractivity contribution < 1.29 is 13.2 Å². The molecular weight excluding hydrogens is 375 g/mol. The average Bonchev–Trinajstić information content (AvgIpc) is 3.07. The quantitative estimate of drug-likeness (QED) is 0.561. The highest BCUT2D eigenvalue weighted by Gasteiger charge is 2.32. The molecule has 4 aromatic heterocycles. The standard InChI is InChI=1S/C17H12F3N7O/c1-27-8-21-7-12(27)10-2-3-11-14(24-10)15(26-16(28)25-11)23-9-4-5-22-13(6-9)17(18,19)20/h2-8H,1H3,(H2,22,23,25,26,28). The summed E-state index contributed by atoms with van der Waals surface area (Å²) in [6.07, 6.45) is -0.332. The van der Waals surface area contributed by atoms with E-state index in [1.54, 1.807) is 36.3 Å². The van der Waals surface area contributed by atoms with Crippen LogP contribution >= 0.6 is 0 Å². The Morgan fingerprint density at radius 1 is 1.18 bits per heavy atom. The summed E-state index contributed by atoms with van der Waals surface area (Å²) in [6, 6.07) is 5.52. The Morgan fingerprint density at radius 2 is 2.00 bits per heavy atom. The van der Waals surface area contributed by atoms with Crippen molar-refractivity contribution >= 4 is 22.5 Å². The normalized spacial score (nSPS) is 11.7. The van der Waals surface area contributed by atoms with Gasteiger partial charge in [-0.1, -0.05) is 0 Å². The highest BCUT2D eigenvalue weighted by molar-refractivity contribution is 5.88. The second kappa shape index (κ2) is 6.44. The van der Waals surface area contributed by atoms with Crippen LogP contribution in [0.25, 0.3) is 22.4 Å². The van der Waals surface area contributed by atoms with E-state index in [1.807, 2.05) is 0 Å². The summed E-state index contributed by atoms with van der Waals surface area (Å²) in [7, 11) is 1.80. The van der Waals surface area contributed by atoms with Crippen molar-refractivity contribution in [2.75, 3.05) is 5.32 Å². The molecule has 0 saturated carbocycles. The number of anilines is 2. The molecule has 0 unspecified atom stereocenters. The number of pyridine rings is 2. The van der Waals surface area contributed by atoms with Crippen molar-refractivity contribution in [3.05, 3.63) is 59.2 Å². The lowest BCUT2D eigenvalue weighted by molar-refractivity contribution is -0.141. The summed E-state index contributed by atoms with van der Waals surface area (Å²) >= 11 is 0. The molecule has 4 aromatic rings. The Kier molecular flexibility index (Phi) is 4.06. The van der Waals surface area contributed by atoms with E-state index in [2.05, 4.69) is 30.2 Å². The number of hydrogen-bond donors (Lipinski definition) is 2. The van der Waals surface area contributed by atoms with E-state index < -0.39 is 17.6 Å². The zero-order valence-corrected chi connectivity index (χ0v) is 14.3. The number of aryl methyl sites for hydroxylation is 1. The van der Waals surface area contributed by atoms with Gasteiger partial charge < -0.3 is 14.9 Å². The molecule has 0 amide bonds.